The number of hydrogen-bond acceptors (Lipinski definition) is 8. The van der Waals surface area contributed by atoms with Gasteiger partial charge in [-0.2, -0.15) is 4.98 Å². The lowest BCUT2D eigenvalue weighted by Crippen LogP contribution is -2.32. The van der Waals surface area contributed by atoms with Gasteiger partial charge in [0.2, 0.25) is 17.7 Å². The molecule has 4 heterocycles. The second-order valence-corrected chi connectivity index (χ2v) is 9.02. The molecule has 186 valence electrons. The molecule has 1 atom stereocenters. The molecule has 35 heavy (non-hydrogen) atoms. The third-order valence-electron chi connectivity index (χ3n) is 6.05. The Morgan fingerprint density at radius 2 is 2.00 bits per heavy atom. The zero-order valence-corrected chi connectivity index (χ0v) is 20.5. The zero-order valence-electron chi connectivity index (χ0n) is 19.7. The molecule has 2 aliphatic heterocycles. The quantitative estimate of drug-likeness (QED) is 0.533. The van der Waals surface area contributed by atoms with Crippen LogP contribution >= 0.6 is 11.6 Å². The van der Waals surface area contributed by atoms with Gasteiger partial charge in [0.05, 0.1) is 25.2 Å². The Bertz CT molecular complexity index is 1060. The number of likely N-dealkylation sites (tertiary alicyclic amines) is 2. The van der Waals surface area contributed by atoms with Gasteiger partial charge in [-0.15, -0.1) is 0 Å². The summed E-state index contributed by atoms with van der Waals surface area (Å²) in [4.78, 5) is 41.8. The largest absolute Gasteiger partial charge is 0.480 e. The van der Waals surface area contributed by atoms with Crippen molar-refractivity contribution in [1.82, 2.24) is 24.8 Å². The fourth-order valence-corrected chi connectivity index (χ4v) is 4.37. The minimum Gasteiger partial charge on any atom is -0.480 e. The molecule has 2 aliphatic rings. The molecule has 2 aromatic heterocycles. The fraction of sp³-hybridized carbons (Fsp3) is 0.458. The van der Waals surface area contributed by atoms with Crippen molar-refractivity contribution in [2.75, 3.05) is 50.5 Å². The van der Waals surface area contributed by atoms with E-state index in [1.807, 2.05) is 6.08 Å². The minimum atomic E-state index is -0.211. The maximum absolute atomic E-state index is 12.9. The van der Waals surface area contributed by atoms with Crippen LogP contribution in [0, 0.1) is 0 Å². The summed E-state index contributed by atoms with van der Waals surface area (Å²) in [7, 11) is 1.49. The van der Waals surface area contributed by atoms with Gasteiger partial charge in [0, 0.05) is 31.8 Å². The number of aromatic nitrogens is 3. The van der Waals surface area contributed by atoms with E-state index in [0.717, 1.165) is 26.1 Å². The summed E-state index contributed by atoms with van der Waals surface area (Å²) in [5, 5.41) is 6.34. The van der Waals surface area contributed by atoms with Gasteiger partial charge in [0.15, 0.2) is 0 Å². The van der Waals surface area contributed by atoms with Gasteiger partial charge in [0.1, 0.15) is 10.7 Å². The van der Waals surface area contributed by atoms with Crippen molar-refractivity contribution >= 4 is 35.1 Å². The van der Waals surface area contributed by atoms with E-state index in [4.69, 9.17) is 16.3 Å². The lowest BCUT2D eigenvalue weighted by Gasteiger charge is -2.24. The molecule has 2 saturated heterocycles. The maximum Gasteiger partial charge on any atom is 0.272 e. The molecule has 0 aromatic carbocycles. The molecular formula is C24H30ClN7O3. The highest BCUT2D eigenvalue weighted by atomic mass is 35.5. The Hall–Kier alpha value is -3.24. The normalized spacial score (nSPS) is 18.6. The Balaban J connectivity index is 1.25. The molecule has 0 spiro atoms. The molecule has 2 aromatic rings. The Morgan fingerprint density at radius 1 is 1.17 bits per heavy atom. The molecule has 0 unspecified atom stereocenters. The van der Waals surface area contributed by atoms with Gasteiger partial charge in [-0.1, -0.05) is 24.1 Å². The first-order valence-corrected chi connectivity index (χ1v) is 12.2. The highest BCUT2D eigenvalue weighted by Gasteiger charge is 2.28. The average Bonchev–Trinajstić information content (AvgIpc) is 3.34. The number of halogens is 1. The van der Waals surface area contributed by atoms with E-state index >= 15 is 0 Å². The van der Waals surface area contributed by atoms with Gasteiger partial charge >= 0.3 is 0 Å². The number of amides is 2. The molecule has 2 N–H and O–H groups in total. The highest BCUT2D eigenvalue weighted by molar-refractivity contribution is 6.31. The average molecular weight is 500 g/mol. The van der Waals surface area contributed by atoms with Crippen molar-refractivity contribution in [3.05, 3.63) is 47.4 Å². The second kappa shape index (κ2) is 11.9. The smallest absolute Gasteiger partial charge is 0.272 e. The van der Waals surface area contributed by atoms with Crippen molar-refractivity contribution in [2.45, 2.75) is 31.7 Å². The molecule has 0 saturated carbocycles. The summed E-state index contributed by atoms with van der Waals surface area (Å²) in [6.45, 7) is 4.03. The SMILES string of the molecule is COc1nc(N[C@@H]2CCN(C(=O)c3ccc(NC(=O)/C=C/CN4CCCCC4)cn3)C2)ncc1Cl. The van der Waals surface area contributed by atoms with E-state index in [2.05, 4.69) is 30.5 Å². The molecule has 2 fully saturated rings. The summed E-state index contributed by atoms with van der Waals surface area (Å²) >= 11 is 5.97. The Labute approximate surface area is 209 Å². The van der Waals surface area contributed by atoms with Crippen LogP contribution in [0.2, 0.25) is 5.02 Å². The second-order valence-electron chi connectivity index (χ2n) is 8.62. The van der Waals surface area contributed by atoms with Crippen molar-refractivity contribution in [1.29, 1.82) is 0 Å². The monoisotopic (exact) mass is 499 g/mol. The molecule has 0 aliphatic carbocycles. The van der Waals surface area contributed by atoms with Gasteiger partial charge in [-0.25, -0.2) is 9.97 Å². The predicted octanol–water partition coefficient (Wildman–Crippen LogP) is 2.84. The van der Waals surface area contributed by atoms with Crippen molar-refractivity contribution in [3.63, 3.8) is 0 Å². The molecule has 0 radical (unpaired) electrons. The molecule has 10 nitrogen and oxygen atoms in total. The van der Waals surface area contributed by atoms with Crippen LogP contribution in [0.1, 0.15) is 36.2 Å². The first-order chi connectivity index (χ1) is 17.0. The lowest BCUT2D eigenvalue weighted by atomic mass is 10.1. The summed E-state index contributed by atoms with van der Waals surface area (Å²) < 4.78 is 5.12. The molecular weight excluding hydrogens is 470 g/mol. The molecule has 2 amide bonds. The first kappa shape index (κ1) is 24.9. The third-order valence-corrected chi connectivity index (χ3v) is 6.30. The van der Waals surface area contributed by atoms with Crippen LogP contribution in [0.5, 0.6) is 5.88 Å². The van der Waals surface area contributed by atoms with E-state index in [1.165, 1.54) is 38.8 Å². The Kier molecular flexibility index (Phi) is 8.49. The number of carbonyl (C=O) groups is 2. The number of hydrogen-bond donors (Lipinski definition) is 2. The van der Waals surface area contributed by atoms with Crippen molar-refractivity contribution in [3.8, 4) is 5.88 Å². The van der Waals surface area contributed by atoms with E-state index < -0.39 is 0 Å². The van der Waals surface area contributed by atoms with Crippen LogP contribution in [-0.2, 0) is 4.79 Å². The highest BCUT2D eigenvalue weighted by Crippen LogP contribution is 2.23. The summed E-state index contributed by atoms with van der Waals surface area (Å²) in [6, 6.07) is 3.32. The summed E-state index contributed by atoms with van der Waals surface area (Å²) in [5.74, 6) is 0.318. The third kappa shape index (κ3) is 6.89. The fourth-order valence-electron chi connectivity index (χ4n) is 4.20. The topological polar surface area (TPSA) is 113 Å². The number of nitrogens with zero attached hydrogens (tertiary/aromatic N) is 5. The van der Waals surface area contributed by atoms with Crippen LogP contribution in [0.15, 0.2) is 36.7 Å². The number of rotatable bonds is 8. The van der Waals surface area contributed by atoms with Crippen molar-refractivity contribution in [2.24, 2.45) is 0 Å². The van der Waals surface area contributed by atoms with Crippen LogP contribution in [0.4, 0.5) is 11.6 Å². The van der Waals surface area contributed by atoms with Crippen LogP contribution < -0.4 is 15.4 Å². The van der Waals surface area contributed by atoms with Crippen molar-refractivity contribution < 1.29 is 14.3 Å². The number of nitrogens with one attached hydrogen (secondary N) is 2. The zero-order chi connectivity index (χ0) is 24.6. The van der Waals surface area contributed by atoms with E-state index in [0.29, 0.717) is 41.3 Å². The summed E-state index contributed by atoms with van der Waals surface area (Å²) in [6.07, 6.45) is 10.9. The number of piperidine rings is 1. The van der Waals surface area contributed by atoms with Gasteiger partial charge in [-0.05, 0) is 44.5 Å². The van der Waals surface area contributed by atoms with Gasteiger partial charge in [-0.3, -0.25) is 14.5 Å². The van der Waals surface area contributed by atoms with E-state index in [-0.39, 0.29) is 17.9 Å². The van der Waals surface area contributed by atoms with E-state index in [9.17, 15) is 9.59 Å². The molecule has 11 heteroatoms. The van der Waals surface area contributed by atoms with Crippen LogP contribution in [0.3, 0.4) is 0 Å². The lowest BCUT2D eigenvalue weighted by molar-refractivity contribution is -0.111. The number of anilines is 2. The Morgan fingerprint density at radius 3 is 2.74 bits per heavy atom. The predicted molar refractivity (Wildman–Crippen MR) is 134 cm³/mol. The number of methoxy groups -OCH3 is 1. The van der Waals surface area contributed by atoms with Crippen LogP contribution in [0.25, 0.3) is 0 Å². The molecule has 0 bridgehead atoms. The number of carbonyl (C=O) groups excluding carboxylic acids is 2. The maximum atomic E-state index is 12.9. The van der Waals surface area contributed by atoms with Crippen LogP contribution in [-0.4, -0.2) is 82.4 Å². The number of pyridine rings is 1. The molecule has 4 rings (SSSR count). The first-order valence-electron chi connectivity index (χ1n) is 11.8. The van der Waals surface area contributed by atoms with Gasteiger partial charge < -0.3 is 20.3 Å². The van der Waals surface area contributed by atoms with Gasteiger partial charge in [0.25, 0.3) is 5.91 Å². The van der Waals surface area contributed by atoms with E-state index in [1.54, 1.807) is 23.1 Å². The standard InChI is InChI=1S/C24H30ClN7O3/c1-35-22-19(25)15-27-24(30-22)29-18-9-13-32(16-18)23(34)20-8-7-17(14-26-20)28-21(33)6-5-12-31-10-3-2-4-11-31/h5-8,14-15,18H,2-4,9-13,16H2,1H3,(H,28,33)(H,27,29,30)/b6-5+/t18-/m1/s1. The summed E-state index contributed by atoms with van der Waals surface area (Å²) in [5.41, 5.74) is 0.873. The minimum absolute atomic E-state index is 0.000108. The number of ether oxygens (including phenoxy) is 1.